The van der Waals surface area contributed by atoms with E-state index < -0.39 is 0 Å². The van der Waals surface area contributed by atoms with Crippen molar-refractivity contribution in [3.63, 3.8) is 0 Å². The first-order valence-electron chi connectivity index (χ1n) is 10.1. The fraction of sp³-hybridized carbons (Fsp3) is 0.571. The molecule has 2 aliphatic rings. The summed E-state index contributed by atoms with van der Waals surface area (Å²) < 4.78 is 7.41. The molecule has 4 rings (SSSR count). The van der Waals surface area contributed by atoms with Crippen molar-refractivity contribution in [1.82, 2.24) is 24.6 Å². The van der Waals surface area contributed by atoms with E-state index in [9.17, 15) is 4.79 Å². The summed E-state index contributed by atoms with van der Waals surface area (Å²) in [4.78, 5) is 17.3. The van der Waals surface area contributed by atoms with Gasteiger partial charge in [0.1, 0.15) is 11.6 Å². The predicted molar refractivity (Wildman–Crippen MR) is 106 cm³/mol. The molecule has 1 fully saturated rings. The maximum atomic E-state index is 13.0. The first-order chi connectivity index (χ1) is 13.7. The van der Waals surface area contributed by atoms with Gasteiger partial charge in [-0.25, -0.2) is 0 Å². The molecule has 0 N–H and O–H groups in total. The standard InChI is InChI=1S/C21H29N5O2/c1-24-10-7-17(8-11-24)20-23-22-19-9-12-25(13-14-26(19)20)21(27)18-5-3-16(4-6-18)15-28-2/h3-6,17H,7-15H2,1-2H3. The van der Waals surface area contributed by atoms with Gasteiger partial charge in [0.15, 0.2) is 0 Å². The summed E-state index contributed by atoms with van der Waals surface area (Å²) in [5, 5.41) is 8.98. The number of methoxy groups -OCH3 is 1. The van der Waals surface area contributed by atoms with Gasteiger partial charge in [0.2, 0.25) is 0 Å². The first kappa shape index (κ1) is 19.1. The van der Waals surface area contributed by atoms with Crippen LogP contribution in [-0.4, -0.2) is 70.8 Å². The molecule has 0 bridgehead atoms. The van der Waals surface area contributed by atoms with E-state index in [1.54, 1.807) is 7.11 Å². The van der Waals surface area contributed by atoms with Crippen LogP contribution in [0.1, 0.15) is 46.3 Å². The molecule has 7 nitrogen and oxygen atoms in total. The van der Waals surface area contributed by atoms with Gasteiger partial charge in [-0.2, -0.15) is 0 Å². The maximum absolute atomic E-state index is 13.0. The second kappa shape index (κ2) is 8.41. The molecule has 2 aliphatic heterocycles. The predicted octanol–water partition coefficient (Wildman–Crippen LogP) is 1.93. The third-order valence-electron chi connectivity index (χ3n) is 5.94. The number of rotatable bonds is 4. The number of ether oxygens (including phenoxy) is 1. The maximum Gasteiger partial charge on any atom is 0.253 e. The number of hydrogen-bond donors (Lipinski definition) is 0. The monoisotopic (exact) mass is 383 g/mol. The SMILES string of the molecule is COCc1ccc(C(=O)N2CCc3nnc(C4CCN(C)CC4)n3CC2)cc1. The number of fused-ring (bicyclic) bond motifs is 1. The van der Waals surface area contributed by atoms with Gasteiger partial charge >= 0.3 is 0 Å². The Labute approximate surface area is 166 Å². The van der Waals surface area contributed by atoms with Crippen LogP contribution in [0.25, 0.3) is 0 Å². The highest BCUT2D eigenvalue weighted by molar-refractivity contribution is 5.94. The van der Waals surface area contributed by atoms with Gasteiger partial charge in [-0.3, -0.25) is 4.79 Å². The lowest BCUT2D eigenvalue weighted by Gasteiger charge is -2.28. The minimum absolute atomic E-state index is 0.0866. The molecule has 1 amide bonds. The van der Waals surface area contributed by atoms with Crippen molar-refractivity contribution in [2.45, 2.75) is 38.3 Å². The Hall–Kier alpha value is -2.25. The summed E-state index contributed by atoms with van der Waals surface area (Å²) in [6, 6.07) is 7.71. The molecule has 0 radical (unpaired) electrons. The highest BCUT2D eigenvalue weighted by atomic mass is 16.5. The number of carbonyl (C=O) groups is 1. The van der Waals surface area contributed by atoms with E-state index in [4.69, 9.17) is 4.74 Å². The van der Waals surface area contributed by atoms with Gasteiger partial charge < -0.3 is 19.1 Å². The van der Waals surface area contributed by atoms with E-state index >= 15 is 0 Å². The normalized spacial score (nSPS) is 18.7. The lowest BCUT2D eigenvalue weighted by Crippen LogP contribution is -2.34. The molecule has 7 heteroatoms. The Bertz CT molecular complexity index is 809. The van der Waals surface area contributed by atoms with Crippen LogP contribution in [-0.2, 0) is 24.3 Å². The van der Waals surface area contributed by atoms with Crippen LogP contribution < -0.4 is 0 Å². The van der Waals surface area contributed by atoms with E-state index in [1.807, 2.05) is 29.2 Å². The molecule has 1 aromatic carbocycles. The molecule has 150 valence electrons. The van der Waals surface area contributed by atoms with Crippen LogP contribution in [0.2, 0.25) is 0 Å². The topological polar surface area (TPSA) is 63.5 Å². The van der Waals surface area contributed by atoms with E-state index in [2.05, 4.69) is 26.7 Å². The third kappa shape index (κ3) is 3.95. The lowest BCUT2D eigenvalue weighted by atomic mass is 9.96. The minimum atomic E-state index is 0.0866. The second-order valence-corrected chi connectivity index (χ2v) is 7.88. The third-order valence-corrected chi connectivity index (χ3v) is 5.94. The summed E-state index contributed by atoms with van der Waals surface area (Å²) in [6.07, 6.45) is 3.02. The Morgan fingerprint density at radius 3 is 2.54 bits per heavy atom. The number of hydrogen-bond acceptors (Lipinski definition) is 5. The van der Waals surface area contributed by atoms with Gasteiger partial charge in [0.05, 0.1) is 6.61 Å². The quantitative estimate of drug-likeness (QED) is 0.807. The molecule has 0 saturated carbocycles. The van der Waals surface area contributed by atoms with Gasteiger partial charge in [0.25, 0.3) is 5.91 Å². The molecular formula is C21H29N5O2. The van der Waals surface area contributed by atoms with Gasteiger partial charge in [0, 0.05) is 44.6 Å². The molecule has 0 unspecified atom stereocenters. The van der Waals surface area contributed by atoms with Crippen LogP contribution >= 0.6 is 0 Å². The number of benzene rings is 1. The number of carbonyl (C=O) groups excluding carboxylic acids is 1. The van der Waals surface area contributed by atoms with Crippen molar-refractivity contribution in [2.75, 3.05) is 40.3 Å². The molecule has 1 saturated heterocycles. The van der Waals surface area contributed by atoms with E-state index in [1.165, 1.54) is 0 Å². The fourth-order valence-corrected chi connectivity index (χ4v) is 4.21. The zero-order chi connectivity index (χ0) is 19.5. The van der Waals surface area contributed by atoms with Crippen molar-refractivity contribution in [2.24, 2.45) is 0 Å². The average Bonchev–Trinajstić information content (AvgIpc) is 3.00. The molecule has 0 aliphatic carbocycles. The Kier molecular flexibility index (Phi) is 5.73. The number of nitrogens with zero attached hydrogens (tertiary/aromatic N) is 5. The fourth-order valence-electron chi connectivity index (χ4n) is 4.21. The van der Waals surface area contributed by atoms with Crippen molar-refractivity contribution < 1.29 is 9.53 Å². The summed E-state index contributed by atoms with van der Waals surface area (Å²) in [5.41, 5.74) is 1.80. The summed E-state index contributed by atoms with van der Waals surface area (Å²) in [6.45, 7) is 4.93. The van der Waals surface area contributed by atoms with Crippen molar-refractivity contribution in [3.8, 4) is 0 Å². The highest BCUT2D eigenvalue weighted by Gasteiger charge is 2.27. The van der Waals surface area contributed by atoms with Crippen molar-refractivity contribution in [3.05, 3.63) is 47.0 Å². The molecular weight excluding hydrogens is 354 g/mol. The summed E-state index contributed by atoms with van der Waals surface area (Å²) >= 11 is 0. The molecule has 28 heavy (non-hydrogen) atoms. The van der Waals surface area contributed by atoms with E-state index in [-0.39, 0.29) is 5.91 Å². The largest absolute Gasteiger partial charge is 0.380 e. The highest BCUT2D eigenvalue weighted by Crippen LogP contribution is 2.27. The zero-order valence-electron chi connectivity index (χ0n) is 16.8. The van der Waals surface area contributed by atoms with Crippen LogP contribution in [0, 0.1) is 0 Å². The Balaban J connectivity index is 1.44. The Morgan fingerprint density at radius 2 is 1.82 bits per heavy atom. The Morgan fingerprint density at radius 1 is 1.07 bits per heavy atom. The molecule has 3 heterocycles. The molecule has 0 atom stereocenters. The molecule has 2 aromatic rings. The number of amides is 1. The van der Waals surface area contributed by atoms with Crippen LogP contribution in [0.4, 0.5) is 0 Å². The van der Waals surface area contributed by atoms with Crippen LogP contribution in [0.15, 0.2) is 24.3 Å². The van der Waals surface area contributed by atoms with E-state index in [0.717, 1.165) is 61.7 Å². The minimum Gasteiger partial charge on any atom is -0.380 e. The lowest BCUT2D eigenvalue weighted by molar-refractivity contribution is 0.0758. The molecule has 0 spiro atoms. The first-order valence-corrected chi connectivity index (χ1v) is 10.1. The van der Waals surface area contributed by atoms with Gasteiger partial charge in [-0.1, -0.05) is 12.1 Å². The van der Waals surface area contributed by atoms with Crippen LogP contribution in [0.3, 0.4) is 0 Å². The second-order valence-electron chi connectivity index (χ2n) is 7.88. The van der Waals surface area contributed by atoms with Crippen molar-refractivity contribution >= 4 is 5.91 Å². The molecule has 1 aromatic heterocycles. The van der Waals surface area contributed by atoms with Gasteiger partial charge in [-0.05, 0) is 50.7 Å². The number of aromatic nitrogens is 3. The summed E-state index contributed by atoms with van der Waals surface area (Å²) in [5.74, 6) is 2.69. The van der Waals surface area contributed by atoms with Gasteiger partial charge in [-0.15, -0.1) is 10.2 Å². The number of likely N-dealkylation sites (tertiary alicyclic amines) is 1. The van der Waals surface area contributed by atoms with E-state index in [0.29, 0.717) is 25.6 Å². The smallest absolute Gasteiger partial charge is 0.253 e. The zero-order valence-corrected chi connectivity index (χ0v) is 16.8. The van der Waals surface area contributed by atoms with Crippen molar-refractivity contribution in [1.29, 1.82) is 0 Å². The summed E-state index contributed by atoms with van der Waals surface area (Å²) in [7, 11) is 3.85. The average molecular weight is 383 g/mol. The van der Waals surface area contributed by atoms with Crippen LogP contribution in [0.5, 0.6) is 0 Å². The number of piperidine rings is 1.